The second kappa shape index (κ2) is 10.1. The molecule has 38 heavy (non-hydrogen) atoms. The molecule has 0 saturated carbocycles. The number of ether oxygens (including phenoxy) is 1. The molecule has 0 fully saturated rings. The second-order valence-corrected chi connectivity index (χ2v) is 14.5. The number of amides is 1. The Morgan fingerprint density at radius 3 is 2.13 bits per heavy atom. The SMILES string of the molecule is CC1(C)Cc2c(sc(NC(=O)c3ccc(BOC(C)(C)C(C)(C)O)cc3)c2C(=O)OC(C)(C)C)C(C)(C)N1. The number of thiophene rings is 1. The van der Waals surface area contributed by atoms with Crippen molar-refractivity contribution in [3.05, 3.63) is 45.8 Å². The van der Waals surface area contributed by atoms with E-state index in [-0.39, 0.29) is 17.0 Å². The van der Waals surface area contributed by atoms with E-state index in [0.29, 0.717) is 30.0 Å². The highest BCUT2D eigenvalue weighted by Crippen LogP contribution is 2.45. The van der Waals surface area contributed by atoms with Crippen LogP contribution in [-0.2, 0) is 21.4 Å². The molecule has 3 N–H and O–H groups in total. The topological polar surface area (TPSA) is 96.9 Å². The molecule has 0 unspecified atom stereocenters. The summed E-state index contributed by atoms with van der Waals surface area (Å²) < 4.78 is 11.7. The molecule has 1 aliphatic heterocycles. The summed E-state index contributed by atoms with van der Waals surface area (Å²) in [5.74, 6) is -0.733. The number of aliphatic hydroxyl groups is 1. The van der Waals surface area contributed by atoms with Crippen molar-refractivity contribution in [3.63, 3.8) is 0 Å². The number of hydrogen-bond donors (Lipinski definition) is 3. The Morgan fingerprint density at radius 2 is 1.61 bits per heavy atom. The number of carbonyl (C=O) groups is 2. The molecule has 2 aromatic rings. The molecule has 1 aliphatic rings. The van der Waals surface area contributed by atoms with Crippen molar-refractivity contribution in [2.45, 2.75) is 110 Å². The van der Waals surface area contributed by atoms with Crippen LogP contribution in [0.15, 0.2) is 24.3 Å². The molecule has 0 spiro atoms. The average Bonchev–Trinajstić information content (AvgIpc) is 3.07. The number of hydrogen-bond acceptors (Lipinski definition) is 7. The zero-order valence-corrected chi connectivity index (χ0v) is 25.5. The van der Waals surface area contributed by atoms with Crippen LogP contribution >= 0.6 is 11.3 Å². The summed E-state index contributed by atoms with van der Waals surface area (Å²) >= 11 is 1.42. The van der Waals surface area contributed by atoms with Gasteiger partial charge in [0.25, 0.3) is 5.91 Å². The first-order valence-electron chi connectivity index (χ1n) is 13.1. The van der Waals surface area contributed by atoms with Crippen molar-refractivity contribution in [1.29, 1.82) is 0 Å². The minimum atomic E-state index is -1.00. The summed E-state index contributed by atoms with van der Waals surface area (Å²) in [5, 5.41) is 17.5. The van der Waals surface area contributed by atoms with Crippen LogP contribution in [0.4, 0.5) is 5.00 Å². The predicted octanol–water partition coefficient (Wildman–Crippen LogP) is 4.66. The lowest BCUT2D eigenvalue weighted by atomic mass is 9.81. The van der Waals surface area contributed by atoms with Gasteiger partial charge in [0.15, 0.2) is 0 Å². The highest BCUT2D eigenvalue weighted by Gasteiger charge is 2.42. The lowest BCUT2D eigenvalue weighted by Gasteiger charge is -2.42. The largest absolute Gasteiger partial charge is 0.456 e. The average molecular weight is 543 g/mol. The summed E-state index contributed by atoms with van der Waals surface area (Å²) in [4.78, 5) is 27.7. The highest BCUT2D eigenvalue weighted by atomic mass is 32.1. The number of esters is 1. The summed E-state index contributed by atoms with van der Waals surface area (Å²) in [6.07, 6.45) is 0.641. The van der Waals surface area contributed by atoms with E-state index in [1.165, 1.54) is 11.3 Å². The standard InChI is InChI=1S/C29H43BN2O5S/c1-25(2,3)36-24(34)20-19-16-26(4,5)32-27(6,7)21(19)38-23(20)31-22(33)17-12-14-18(15-13-17)30-37-29(10,11)28(8,9)35/h12-15,30,32,35H,16H2,1-11H3,(H,31,33). The molecule has 0 radical (unpaired) electrons. The number of fused-ring (bicyclic) bond motifs is 1. The van der Waals surface area contributed by atoms with Crippen molar-refractivity contribution in [2.75, 3.05) is 5.32 Å². The number of carbonyl (C=O) groups excluding carboxylic acids is 2. The van der Waals surface area contributed by atoms with Crippen molar-refractivity contribution in [1.82, 2.24) is 5.32 Å². The predicted molar refractivity (Wildman–Crippen MR) is 156 cm³/mol. The van der Waals surface area contributed by atoms with Gasteiger partial charge in [0, 0.05) is 21.5 Å². The van der Waals surface area contributed by atoms with Crippen LogP contribution in [0.2, 0.25) is 0 Å². The number of nitrogens with one attached hydrogen (secondary N) is 2. The van der Waals surface area contributed by atoms with Gasteiger partial charge in [-0.1, -0.05) is 17.6 Å². The van der Waals surface area contributed by atoms with E-state index in [1.54, 1.807) is 26.0 Å². The van der Waals surface area contributed by atoms with Crippen molar-refractivity contribution >= 4 is 41.2 Å². The summed E-state index contributed by atoms with van der Waals surface area (Å²) in [5.41, 5.74) is -0.292. The first-order valence-corrected chi connectivity index (χ1v) is 13.9. The maximum absolute atomic E-state index is 13.4. The zero-order valence-electron chi connectivity index (χ0n) is 24.7. The van der Waals surface area contributed by atoms with Crippen LogP contribution in [0.5, 0.6) is 0 Å². The summed E-state index contributed by atoms with van der Waals surface area (Å²) in [7, 11) is 0.303. The van der Waals surface area contributed by atoms with Gasteiger partial charge in [-0.05, 0) is 100 Å². The van der Waals surface area contributed by atoms with Crippen molar-refractivity contribution < 1.29 is 24.1 Å². The smallest absolute Gasteiger partial charge is 0.341 e. The van der Waals surface area contributed by atoms with Crippen LogP contribution in [0, 0.1) is 0 Å². The van der Waals surface area contributed by atoms with Gasteiger partial charge in [-0.15, -0.1) is 11.3 Å². The molecule has 0 aliphatic carbocycles. The van der Waals surface area contributed by atoms with E-state index < -0.39 is 22.8 Å². The third kappa shape index (κ3) is 6.86. The molecule has 0 saturated heterocycles. The van der Waals surface area contributed by atoms with E-state index in [4.69, 9.17) is 9.39 Å². The monoisotopic (exact) mass is 542 g/mol. The van der Waals surface area contributed by atoms with E-state index in [2.05, 4.69) is 38.3 Å². The molecule has 2 heterocycles. The van der Waals surface area contributed by atoms with Crippen LogP contribution in [0.25, 0.3) is 0 Å². The Labute approximate surface area is 232 Å². The van der Waals surface area contributed by atoms with Gasteiger partial charge in [-0.3, -0.25) is 4.79 Å². The molecule has 1 aromatic carbocycles. The molecule has 0 bridgehead atoms. The molecule has 208 valence electrons. The molecule has 7 nitrogen and oxygen atoms in total. The fourth-order valence-electron chi connectivity index (χ4n) is 4.53. The summed E-state index contributed by atoms with van der Waals surface area (Å²) in [6.45, 7) is 21.0. The Kier molecular flexibility index (Phi) is 8.05. The van der Waals surface area contributed by atoms with Gasteiger partial charge >= 0.3 is 13.5 Å². The third-order valence-corrected chi connectivity index (χ3v) is 8.43. The van der Waals surface area contributed by atoms with E-state index >= 15 is 0 Å². The Morgan fingerprint density at radius 1 is 1.03 bits per heavy atom. The first kappa shape index (κ1) is 30.3. The van der Waals surface area contributed by atoms with Gasteiger partial charge in [-0.25, -0.2) is 4.79 Å². The van der Waals surface area contributed by atoms with Crippen LogP contribution in [0.1, 0.15) is 107 Å². The van der Waals surface area contributed by atoms with E-state index in [9.17, 15) is 14.7 Å². The molecular weight excluding hydrogens is 499 g/mol. The fraction of sp³-hybridized carbons (Fsp3) is 0.586. The lowest BCUT2D eigenvalue weighted by molar-refractivity contribution is -0.0893. The Bertz CT molecular complexity index is 1200. The normalized spacial score (nSPS) is 16.9. The first-order chi connectivity index (χ1) is 17.1. The second-order valence-electron chi connectivity index (χ2n) is 13.4. The van der Waals surface area contributed by atoms with Gasteiger partial charge in [0.05, 0.1) is 16.8 Å². The van der Waals surface area contributed by atoms with Crippen molar-refractivity contribution in [3.8, 4) is 0 Å². The molecule has 0 atom stereocenters. The number of anilines is 1. The number of benzene rings is 1. The van der Waals surface area contributed by atoms with E-state index in [0.717, 1.165) is 15.9 Å². The zero-order chi connectivity index (χ0) is 28.9. The van der Waals surface area contributed by atoms with Gasteiger partial charge in [0.1, 0.15) is 10.6 Å². The third-order valence-electron chi connectivity index (χ3n) is 6.96. The van der Waals surface area contributed by atoms with Crippen LogP contribution in [0.3, 0.4) is 0 Å². The minimum absolute atomic E-state index is 0.229. The maximum atomic E-state index is 13.4. The molecule has 1 aromatic heterocycles. The maximum Gasteiger partial charge on any atom is 0.341 e. The number of rotatable bonds is 7. The molecule has 9 heteroatoms. The molecule has 3 rings (SSSR count). The molecular formula is C29H43BN2O5S. The Balaban J connectivity index is 1.88. The van der Waals surface area contributed by atoms with Crippen LogP contribution in [-0.4, -0.2) is 46.8 Å². The van der Waals surface area contributed by atoms with Gasteiger partial charge in [-0.2, -0.15) is 0 Å². The van der Waals surface area contributed by atoms with E-state index in [1.807, 2.05) is 46.8 Å². The minimum Gasteiger partial charge on any atom is -0.456 e. The van der Waals surface area contributed by atoms with Gasteiger partial charge < -0.3 is 25.1 Å². The summed E-state index contributed by atoms with van der Waals surface area (Å²) in [6, 6.07) is 7.14. The Hall–Kier alpha value is -2.20. The van der Waals surface area contributed by atoms with Crippen LogP contribution < -0.4 is 16.1 Å². The quantitative estimate of drug-likeness (QED) is 0.348. The van der Waals surface area contributed by atoms with Gasteiger partial charge in [0.2, 0.25) is 0 Å². The molecule has 1 amide bonds. The lowest BCUT2D eigenvalue weighted by Crippen LogP contribution is -2.55. The van der Waals surface area contributed by atoms with Crippen molar-refractivity contribution in [2.24, 2.45) is 0 Å². The highest BCUT2D eigenvalue weighted by molar-refractivity contribution is 7.17. The fourth-order valence-corrected chi connectivity index (χ4v) is 5.79.